The summed E-state index contributed by atoms with van der Waals surface area (Å²) in [7, 11) is 1.87. The smallest absolute Gasteiger partial charge is 0.251 e. The van der Waals surface area contributed by atoms with Crippen molar-refractivity contribution in [2.45, 2.75) is 33.7 Å². The Balaban J connectivity index is 2.14. The van der Waals surface area contributed by atoms with Crippen LogP contribution in [0.2, 0.25) is 0 Å². The number of aromatic nitrogens is 1. The van der Waals surface area contributed by atoms with E-state index < -0.39 is 0 Å². The van der Waals surface area contributed by atoms with Gasteiger partial charge in [-0.15, -0.1) is 11.3 Å². The van der Waals surface area contributed by atoms with Crippen LogP contribution in [0.5, 0.6) is 0 Å². The van der Waals surface area contributed by atoms with Gasteiger partial charge in [0.25, 0.3) is 5.91 Å². The molecule has 21 heavy (non-hydrogen) atoms. The second kappa shape index (κ2) is 6.26. The SMILES string of the molecule is CNc1ccc(C(=O)NC(C)c2sc(C)nc2C)cc1C. The first-order valence-electron chi connectivity index (χ1n) is 6.95. The summed E-state index contributed by atoms with van der Waals surface area (Å²) in [5.74, 6) is -0.0568. The van der Waals surface area contributed by atoms with E-state index in [4.69, 9.17) is 0 Å². The summed E-state index contributed by atoms with van der Waals surface area (Å²) in [6, 6.07) is 5.63. The summed E-state index contributed by atoms with van der Waals surface area (Å²) >= 11 is 1.63. The Kier molecular flexibility index (Phi) is 4.63. The number of benzene rings is 1. The van der Waals surface area contributed by atoms with Gasteiger partial charge >= 0.3 is 0 Å². The van der Waals surface area contributed by atoms with Crippen LogP contribution in [-0.4, -0.2) is 17.9 Å². The van der Waals surface area contributed by atoms with Crippen molar-refractivity contribution in [3.63, 3.8) is 0 Å². The van der Waals surface area contributed by atoms with Crippen LogP contribution in [-0.2, 0) is 0 Å². The summed E-state index contributed by atoms with van der Waals surface area (Å²) in [6.07, 6.45) is 0. The lowest BCUT2D eigenvalue weighted by Gasteiger charge is -2.14. The molecule has 1 aromatic heterocycles. The van der Waals surface area contributed by atoms with Crippen LogP contribution in [0.25, 0.3) is 0 Å². The first-order chi connectivity index (χ1) is 9.92. The van der Waals surface area contributed by atoms with Crippen LogP contribution in [0.1, 0.15) is 44.5 Å². The van der Waals surface area contributed by atoms with Crippen LogP contribution in [0.4, 0.5) is 5.69 Å². The molecule has 0 bridgehead atoms. The third-order valence-corrected chi connectivity index (χ3v) is 4.69. The maximum Gasteiger partial charge on any atom is 0.251 e. The van der Waals surface area contributed by atoms with Gasteiger partial charge in [-0.2, -0.15) is 0 Å². The van der Waals surface area contributed by atoms with E-state index in [1.165, 1.54) is 0 Å². The van der Waals surface area contributed by atoms with E-state index in [0.717, 1.165) is 26.8 Å². The van der Waals surface area contributed by atoms with Crippen LogP contribution < -0.4 is 10.6 Å². The van der Waals surface area contributed by atoms with E-state index in [9.17, 15) is 4.79 Å². The summed E-state index contributed by atoms with van der Waals surface area (Å²) in [5, 5.41) is 7.17. The van der Waals surface area contributed by atoms with E-state index in [0.29, 0.717) is 5.56 Å². The third-order valence-electron chi connectivity index (χ3n) is 3.44. The molecule has 4 nitrogen and oxygen atoms in total. The topological polar surface area (TPSA) is 54.0 Å². The molecule has 0 fully saturated rings. The van der Waals surface area contributed by atoms with Gasteiger partial charge in [0, 0.05) is 23.2 Å². The van der Waals surface area contributed by atoms with Crippen LogP contribution in [0, 0.1) is 20.8 Å². The molecule has 1 heterocycles. The van der Waals surface area contributed by atoms with Gasteiger partial charge in [-0.25, -0.2) is 4.98 Å². The normalized spacial score (nSPS) is 12.0. The lowest BCUT2D eigenvalue weighted by molar-refractivity contribution is 0.0940. The lowest BCUT2D eigenvalue weighted by atomic mass is 10.1. The van der Waals surface area contributed by atoms with Gasteiger partial charge in [0.15, 0.2) is 0 Å². The Hall–Kier alpha value is -1.88. The van der Waals surface area contributed by atoms with E-state index in [-0.39, 0.29) is 11.9 Å². The van der Waals surface area contributed by atoms with Crippen molar-refractivity contribution in [2.24, 2.45) is 0 Å². The Morgan fingerprint density at radius 3 is 2.52 bits per heavy atom. The summed E-state index contributed by atoms with van der Waals surface area (Å²) in [5.41, 5.74) is 3.76. The molecule has 0 aliphatic carbocycles. The van der Waals surface area contributed by atoms with Crippen molar-refractivity contribution in [1.82, 2.24) is 10.3 Å². The van der Waals surface area contributed by atoms with Crippen molar-refractivity contribution in [1.29, 1.82) is 0 Å². The van der Waals surface area contributed by atoms with Gasteiger partial charge in [0.05, 0.1) is 16.7 Å². The zero-order valence-corrected chi connectivity index (χ0v) is 13.9. The van der Waals surface area contributed by atoms with Crippen LogP contribution in [0.15, 0.2) is 18.2 Å². The molecule has 112 valence electrons. The lowest BCUT2D eigenvalue weighted by Crippen LogP contribution is -2.26. The van der Waals surface area contributed by atoms with Crippen molar-refractivity contribution < 1.29 is 4.79 Å². The largest absolute Gasteiger partial charge is 0.388 e. The first-order valence-corrected chi connectivity index (χ1v) is 7.77. The van der Waals surface area contributed by atoms with Gasteiger partial charge in [-0.05, 0) is 51.5 Å². The number of hydrogen-bond acceptors (Lipinski definition) is 4. The van der Waals surface area contributed by atoms with Gasteiger partial charge in [-0.1, -0.05) is 0 Å². The summed E-state index contributed by atoms with van der Waals surface area (Å²) in [6.45, 7) is 7.94. The zero-order chi connectivity index (χ0) is 15.6. The minimum absolute atomic E-state index is 0.0343. The number of thiazole rings is 1. The van der Waals surface area contributed by atoms with Gasteiger partial charge in [0.1, 0.15) is 0 Å². The molecule has 1 atom stereocenters. The van der Waals surface area contributed by atoms with Crippen LogP contribution >= 0.6 is 11.3 Å². The maximum atomic E-state index is 12.4. The number of carbonyl (C=O) groups is 1. The predicted octanol–water partition coefficient (Wildman–Crippen LogP) is 3.60. The number of nitrogens with zero attached hydrogens (tertiary/aromatic N) is 1. The maximum absolute atomic E-state index is 12.4. The standard InChI is InChI=1S/C16H21N3OS/c1-9-8-13(6-7-14(9)17-5)16(20)19-11(3)15-10(2)18-12(4)21-15/h6-8,11,17H,1-5H3,(H,19,20). The number of amides is 1. The second-order valence-electron chi connectivity index (χ2n) is 5.16. The molecule has 5 heteroatoms. The molecule has 0 aliphatic heterocycles. The molecule has 0 saturated heterocycles. The average Bonchev–Trinajstić information content (AvgIpc) is 2.77. The molecule has 2 aromatic rings. The molecule has 0 radical (unpaired) electrons. The molecular weight excluding hydrogens is 282 g/mol. The average molecular weight is 303 g/mol. The van der Waals surface area contributed by atoms with Gasteiger partial charge in [0.2, 0.25) is 0 Å². The molecule has 2 N–H and O–H groups in total. The van der Waals surface area contributed by atoms with Gasteiger partial charge < -0.3 is 10.6 Å². The number of nitrogens with one attached hydrogen (secondary N) is 2. The molecule has 0 aliphatic rings. The highest BCUT2D eigenvalue weighted by Crippen LogP contribution is 2.25. The highest BCUT2D eigenvalue weighted by atomic mass is 32.1. The highest BCUT2D eigenvalue weighted by Gasteiger charge is 2.16. The third kappa shape index (κ3) is 3.42. The van der Waals surface area contributed by atoms with Crippen molar-refractivity contribution in [2.75, 3.05) is 12.4 Å². The Labute approximate surface area is 129 Å². The van der Waals surface area contributed by atoms with E-state index in [1.807, 2.05) is 52.9 Å². The molecule has 1 unspecified atom stereocenters. The van der Waals surface area contributed by atoms with Gasteiger partial charge in [-0.3, -0.25) is 4.79 Å². The number of carbonyl (C=O) groups excluding carboxylic acids is 1. The van der Waals surface area contributed by atoms with Crippen molar-refractivity contribution >= 4 is 22.9 Å². The monoisotopic (exact) mass is 303 g/mol. The highest BCUT2D eigenvalue weighted by molar-refractivity contribution is 7.11. The Bertz CT molecular complexity index is 664. The fourth-order valence-electron chi connectivity index (χ4n) is 2.38. The predicted molar refractivity (Wildman–Crippen MR) is 88.2 cm³/mol. The molecule has 2 rings (SSSR count). The minimum Gasteiger partial charge on any atom is -0.388 e. The fourth-order valence-corrected chi connectivity index (χ4v) is 3.31. The Morgan fingerprint density at radius 2 is 2.00 bits per heavy atom. The molecular formula is C16H21N3OS. The van der Waals surface area contributed by atoms with E-state index in [1.54, 1.807) is 11.3 Å². The zero-order valence-electron chi connectivity index (χ0n) is 13.1. The molecule has 0 saturated carbocycles. The second-order valence-corrected chi connectivity index (χ2v) is 6.39. The summed E-state index contributed by atoms with van der Waals surface area (Å²) < 4.78 is 0. The summed E-state index contributed by atoms with van der Waals surface area (Å²) in [4.78, 5) is 17.9. The van der Waals surface area contributed by atoms with Crippen molar-refractivity contribution in [3.8, 4) is 0 Å². The molecule has 0 spiro atoms. The fraction of sp³-hybridized carbons (Fsp3) is 0.375. The molecule has 1 amide bonds. The number of anilines is 1. The van der Waals surface area contributed by atoms with E-state index in [2.05, 4.69) is 15.6 Å². The minimum atomic E-state index is -0.0568. The number of aryl methyl sites for hydroxylation is 3. The number of rotatable bonds is 4. The van der Waals surface area contributed by atoms with Crippen molar-refractivity contribution in [3.05, 3.63) is 44.9 Å². The quantitative estimate of drug-likeness (QED) is 0.907. The first kappa shape index (κ1) is 15.5. The number of hydrogen-bond donors (Lipinski definition) is 2. The molecule has 1 aromatic carbocycles. The Morgan fingerprint density at radius 1 is 1.29 bits per heavy atom. The van der Waals surface area contributed by atoms with E-state index >= 15 is 0 Å². The van der Waals surface area contributed by atoms with Crippen LogP contribution in [0.3, 0.4) is 0 Å².